The molecule has 1 aliphatic rings. The minimum Gasteiger partial charge on any atom is -0.382 e. The van der Waals surface area contributed by atoms with Gasteiger partial charge in [0.25, 0.3) is 0 Å². The average Bonchev–Trinajstić information content (AvgIpc) is 3.40. The van der Waals surface area contributed by atoms with Crippen LogP contribution in [0.1, 0.15) is 38.1 Å². The molecule has 0 amide bonds. The summed E-state index contributed by atoms with van der Waals surface area (Å²) in [6.45, 7) is 0. The van der Waals surface area contributed by atoms with E-state index in [-0.39, 0.29) is 0 Å². The summed E-state index contributed by atoms with van der Waals surface area (Å²) in [6.07, 6.45) is 9.58. The molecule has 2 N–H and O–H groups in total. The molecule has 1 aromatic carbocycles. The molecule has 0 aliphatic heterocycles. The molecule has 7 heteroatoms. The zero-order chi connectivity index (χ0) is 20.7. The molecular weight excluding hydrogens is 374 g/mol. The van der Waals surface area contributed by atoms with Crippen molar-refractivity contribution >= 4 is 17.0 Å². The van der Waals surface area contributed by atoms with Gasteiger partial charge >= 0.3 is 0 Å². The quantitative estimate of drug-likeness (QED) is 0.548. The van der Waals surface area contributed by atoms with E-state index in [4.69, 9.17) is 10.8 Å². The molecule has 3 aromatic heterocycles. The lowest BCUT2D eigenvalue weighted by Crippen LogP contribution is -2.15. The topological polar surface area (TPSA) is 77.3 Å². The number of hydrogen-bond acceptors (Lipinski definition) is 5. The molecule has 5 rings (SSSR count). The Kier molecular flexibility index (Phi) is 4.65. The van der Waals surface area contributed by atoms with Crippen LogP contribution in [0, 0.1) is 0 Å². The first-order valence-electron chi connectivity index (χ1n) is 10.6. The Labute approximate surface area is 176 Å². The van der Waals surface area contributed by atoms with Gasteiger partial charge in [-0.3, -0.25) is 4.68 Å². The summed E-state index contributed by atoms with van der Waals surface area (Å²) in [5.41, 5.74) is 12.5. The van der Waals surface area contributed by atoms with E-state index in [1.807, 2.05) is 24.8 Å². The van der Waals surface area contributed by atoms with Crippen LogP contribution < -0.4 is 10.6 Å². The number of nitrogens with two attached hydrogens (primary N) is 1. The zero-order valence-corrected chi connectivity index (χ0v) is 17.5. The number of rotatable bonds is 4. The summed E-state index contributed by atoms with van der Waals surface area (Å²) in [6, 6.07) is 13.1. The maximum absolute atomic E-state index is 6.35. The third kappa shape index (κ3) is 3.10. The summed E-state index contributed by atoms with van der Waals surface area (Å²) in [5, 5.41) is 9.24. The van der Waals surface area contributed by atoms with E-state index in [9.17, 15) is 0 Å². The molecule has 7 nitrogen and oxygen atoms in total. The van der Waals surface area contributed by atoms with Gasteiger partial charge in [0, 0.05) is 37.1 Å². The number of anilines is 2. The van der Waals surface area contributed by atoms with Gasteiger partial charge in [-0.1, -0.05) is 31.4 Å². The average molecular weight is 402 g/mol. The molecule has 0 unspecified atom stereocenters. The number of aromatic nitrogens is 5. The second-order valence-corrected chi connectivity index (χ2v) is 8.25. The van der Waals surface area contributed by atoms with Crippen LogP contribution in [0.5, 0.6) is 0 Å². The summed E-state index contributed by atoms with van der Waals surface area (Å²) >= 11 is 0. The van der Waals surface area contributed by atoms with Crippen molar-refractivity contribution in [3.8, 4) is 22.5 Å². The fraction of sp³-hybridized carbons (Fsp3) is 0.348. The molecule has 0 bridgehead atoms. The Morgan fingerprint density at radius 3 is 2.63 bits per heavy atom. The van der Waals surface area contributed by atoms with Crippen molar-refractivity contribution in [3.05, 3.63) is 48.9 Å². The standard InChI is InChI=1S/C23H27N7/c1-28(2)18-10-6-7-16(13-18)21-14-19(22-23(24)25-15-27-30(21)22)20-11-12-26-29(20)17-8-4-3-5-9-17/h6-7,10-15,17H,3-5,8-9H2,1-2H3,(H2,24,25,27). The van der Waals surface area contributed by atoms with Crippen molar-refractivity contribution in [2.24, 2.45) is 0 Å². The molecule has 154 valence electrons. The van der Waals surface area contributed by atoms with Crippen LogP contribution in [-0.2, 0) is 0 Å². The van der Waals surface area contributed by atoms with E-state index in [0.29, 0.717) is 11.9 Å². The fourth-order valence-corrected chi connectivity index (χ4v) is 4.56. The third-order valence-corrected chi connectivity index (χ3v) is 6.11. The highest BCUT2D eigenvalue weighted by molar-refractivity contribution is 5.91. The Morgan fingerprint density at radius 2 is 1.83 bits per heavy atom. The van der Waals surface area contributed by atoms with Gasteiger partial charge in [0.05, 0.1) is 17.4 Å². The van der Waals surface area contributed by atoms with Gasteiger partial charge in [0.2, 0.25) is 0 Å². The van der Waals surface area contributed by atoms with E-state index in [0.717, 1.165) is 33.7 Å². The summed E-state index contributed by atoms with van der Waals surface area (Å²) < 4.78 is 4.09. The van der Waals surface area contributed by atoms with E-state index in [2.05, 4.69) is 56.1 Å². The lowest BCUT2D eigenvalue weighted by Gasteiger charge is -2.23. The van der Waals surface area contributed by atoms with Crippen LogP contribution in [0.15, 0.2) is 48.9 Å². The van der Waals surface area contributed by atoms with E-state index >= 15 is 0 Å². The lowest BCUT2D eigenvalue weighted by molar-refractivity contribution is 0.332. The molecular formula is C23H27N7. The van der Waals surface area contributed by atoms with E-state index in [1.54, 1.807) is 0 Å². The SMILES string of the molecule is CN(C)c1cccc(-c2cc(-c3ccnn3C3CCCCC3)c3c(N)ncnn23)c1. The maximum atomic E-state index is 6.35. The predicted molar refractivity (Wildman–Crippen MR) is 121 cm³/mol. The second kappa shape index (κ2) is 7.48. The van der Waals surface area contributed by atoms with E-state index in [1.165, 1.54) is 38.4 Å². The van der Waals surface area contributed by atoms with Crippen molar-refractivity contribution in [1.29, 1.82) is 0 Å². The molecule has 30 heavy (non-hydrogen) atoms. The third-order valence-electron chi connectivity index (χ3n) is 6.11. The largest absolute Gasteiger partial charge is 0.382 e. The maximum Gasteiger partial charge on any atom is 0.152 e. The number of nitrogens with zero attached hydrogens (tertiary/aromatic N) is 6. The molecule has 1 fully saturated rings. The van der Waals surface area contributed by atoms with Crippen molar-refractivity contribution in [2.45, 2.75) is 38.1 Å². The van der Waals surface area contributed by atoms with Gasteiger partial charge < -0.3 is 10.6 Å². The van der Waals surface area contributed by atoms with Gasteiger partial charge in [-0.05, 0) is 37.1 Å². The van der Waals surface area contributed by atoms with Crippen LogP contribution in [0.2, 0.25) is 0 Å². The molecule has 0 atom stereocenters. The van der Waals surface area contributed by atoms with Crippen LogP contribution in [0.3, 0.4) is 0 Å². The molecule has 1 aliphatic carbocycles. The smallest absolute Gasteiger partial charge is 0.152 e. The van der Waals surface area contributed by atoms with Gasteiger partial charge in [-0.15, -0.1) is 0 Å². The van der Waals surface area contributed by atoms with Crippen molar-refractivity contribution < 1.29 is 0 Å². The van der Waals surface area contributed by atoms with Gasteiger partial charge in [0.15, 0.2) is 5.82 Å². The summed E-state index contributed by atoms with van der Waals surface area (Å²) in [7, 11) is 4.09. The zero-order valence-electron chi connectivity index (χ0n) is 17.5. The predicted octanol–water partition coefficient (Wildman–Crippen LogP) is 4.41. The van der Waals surface area contributed by atoms with Crippen LogP contribution >= 0.6 is 0 Å². The first-order valence-corrected chi connectivity index (χ1v) is 10.6. The summed E-state index contributed by atoms with van der Waals surface area (Å²) in [5.74, 6) is 0.478. The molecule has 3 heterocycles. The number of hydrogen-bond donors (Lipinski definition) is 1. The van der Waals surface area contributed by atoms with E-state index < -0.39 is 0 Å². The van der Waals surface area contributed by atoms with Crippen molar-refractivity contribution in [3.63, 3.8) is 0 Å². The molecule has 4 aromatic rings. The Hall–Kier alpha value is -3.35. The lowest BCUT2D eigenvalue weighted by atomic mass is 9.95. The molecule has 1 saturated carbocycles. The summed E-state index contributed by atoms with van der Waals surface area (Å²) in [4.78, 5) is 6.38. The fourth-order valence-electron chi connectivity index (χ4n) is 4.56. The van der Waals surface area contributed by atoms with Gasteiger partial charge in [-0.25, -0.2) is 9.50 Å². The molecule has 0 spiro atoms. The van der Waals surface area contributed by atoms with Crippen LogP contribution in [0.25, 0.3) is 28.0 Å². The van der Waals surface area contributed by atoms with Gasteiger partial charge in [-0.2, -0.15) is 10.2 Å². The Bertz CT molecular complexity index is 1180. The monoisotopic (exact) mass is 401 g/mol. The highest BCUT2D eigenvalue weighted by atomic mass is 15.3. The van der Waals surface area contributed by atoms with Crippen LogP contribution in [-0.4, -0.2) is 38.5 Å². The van der Waals surface area contributed by atoms with Crippen molar-refractivity contribution in [2.75, 3.05) is 24.7 Å². The second-order valence-electron chi connectivity index (χ2n) is 8.25. The highest BCUT2D eigenvalue weighted by Crippen LogP contribution is 2.38. The first kappa shape index (κ1) is 18.7. The molecule has 0 radical (unpaired) electrons. The number of benzene rings is 1. The number of fused-ring (bicyclic) bond motifs is 1. The Balaban J connectivity index is 1.70. The van der Waals surface area contributed by atoms with Crippen molar-refractivity contribution in [1.82, 2.24) is 24.4 Å². The number of nitrogen functional groups attached to an aromatic ring is 1. The van der Waals surface area contributed by atoms with Gasteiger partial charge in [0.1, 0.15) is 11.8 Å². The normalized spacial score (nSPS) is 15.0. The highest BCUT2D eigenvalue weighted by Gasteiger charge is 2.23. The Morgan fingerprint density at radius 1 is 1.00 bits per heavy atom. The minimum atomic E-state index is 0.435. The van der Waals surface area contributed by atoms with Crippen LogP contribution in [0.4, 0.5) is 11.5 Å². The molecule has 0 saturated heterocycles. The first-order chi connectivity index (χ1) is 14.6. The minimum absolute atomic E-state index is 0.435.